The zero-order valence-electron chi connectivity index (χ0n) is 8.98. The van der Waals surface area contributed by atoms with Gasteiger partial charge in [0.25, 0.3) is 0 Å². The van der Waals surface area contributed by atoms with E-state index in [0.29, 0.717) is 0 Å². The van der Waals surface area contributed by atoms with Gasteiger partial charge in [-0.2, -0.15) is 5.10 Å². The van der Waals surface area contributed by atoms with Gasteiger partial charge in [0.15, 0.2) is 5.82 Å². The normalized spacial score (nSPS) is 10.9. The Kier molecular flexibility index (Phi) is 4.09. The molecule has 0 saturated heterocycles. The van der Waals surface area contributed by atoms with E-state index in [-0.39, 0.29) is 0 Å². The molecule has 2 aromatic rings. The molecule has 16 heavy (non-hydrogen) atoms. The average Bonchev–Trinajstić information content (AvgIpc) is 2.83. The van der Waals surface area contributed by atoms with Crippen LogP contribution in [0, 0.1) is 0 Å². The van der Waals surface area contributed by atoms with Crippen LogP contribution in [0.3, 0.4) is 0 Å². The van der Waals surface area contributed by atoms with Crippen molar-refractivity contribution in [3.8, 4) is 0 Å². The average molecular weight is 301 g/mol. The summed E-state index contributed by atoms with van der Waals surface area (Å²) in [5.41, 5.74) is 0. The molecule has 4 nitrogen and oxygen atoms in total. The zero-order valence-corrected chi connectivity index (χ0v) is 11.4. The summed E-state index contributed by atoms with van der Waals surface area (Å²) >= 11 is 5.20. The second-order valence-electron chi connectivity index (χ2n) is 3.49. The van der Waals surface area contributed by atoms with E-state index in [1.807, 2.05) is 7.05 Å². The Morgan fingerprint density at radius 2 is 2.44 bits per heavy atom. The molecule has 1 N–H and O–H groups in total. The monoisotopic (exact) mass is 300 g/mol. The van der Waals surface area contributed by atoms with E-state index in [0.717, 1.165) is 29.8 Å². The van der Waals surface area contributed by atoms with Crippen molar-refractivity contribution >= 4 is 27.3 Å². The van der Waals surface area contributed by atoms with Crippen LogP contribution < -0.4 is 5.32 Å². The molecule has 2 rings (SSSR count). The van der Waals surface area contributed by atoms with Gasteiger partial charge in [0.2, 0.25) is 0 Å². The Balaban J connectivity index is 1.69. The summed E-state index contributed by atoms with van der Waals surface area (Å²) in [6.45, 7) is 1.81. The second-order valence-corrected chi connectivity index (χ2v) is 5.40. The quantitative estimate of drug-likeness (QED) is 0.859. The van der Waals surface area contributed by atoms with Crippen molar-refractivity contribution in [3.05, 3.63) is 32.9 Å². The first-order valence-electron chi connectivity index (χ1n) is 5.02. The van der Waals surface area contributed by atoms with Gasteiger partial charge in [-0.1, -0.05) is 0 Å². The van der Waals surface area contributed by atoms with Crippen molar-refractivity contribution < 1.29 is 0 Å². The van der Waals surface area contributed by atoms with Crippen molar-refractivity contribution in [2.45, 2.75) is 13.0 Å². The fourth-order valence-corrected chi connectivity index (χ4v) is 2.78. The molecule has 2 heterocycles. The van der Waals surface area contributed by atoms with E-state index >= 15 is 0 Å². The molecule has 0 unspecified atom stereocenters. The Bertz CT molecular complexity index is 409. The Morgan fingerprint density at radius 1 is 1.56 bits per heavy atom. The predicted octanol–water partition coefficient (Wildman–Crippen LogP) is 1.97. The highest BCUT2D eigenvalue weighted by atomic mass is 79.9. The number of nitrogens with zero attached hydrogens (tertiary/aromatic N) is 3. The first-order valence-corrected chi connectivity index (χ1v) is 6.69. The highest BCUT2D eigenvalue weighted by Crippen LogP contribution is 2.19. The van der Waals surface area contributed by atoms with Crippen LogP contribution in [0.15, 0.2) is 22.2 Å². The maximum absolute atomic E-state index is 4.22. The number of aryl methyl sites for hydroxylation is 1. The topological polar surface area (TPSA) is 42.7 Å². The van der Waals surface area contributed by atoms with Gasteiger partial charge in [-0.15, -0.1) is 11.3 Å². The molecule has 0 spiro atoms. The molecule has 6 heteroatoms. The summed E-state index contributed by atoms with van der Waals surface area (Å²) in [5, 5.41) is 9.69. The van der Waals surface area contributed by atoms with Crippen LogP contribution in [-0.4, -0.2) is 21.3 Å². The summed E-state index contributed by atoms with van der Waals surface area (Å²) in [7, 11) is 1.88. The Labute approximate surface area is 107 Å². The van der Waals surface area contributed by atoms with E-state index in [4.69, 9.17) is 0 Å². The minimum atomic E-state index is 0.868. The zero-order chi connectivity index (χ0) is 11.4. The fraction of sp³-hybridized carbons (Fsp3) is 0.400. The lowest BCUT2D eigenvalue weighted by Gasteiger charge is -1.99. The van der Waals surface area contributed by atoms with Gasteiger partial charge in [0.05, 0.1) is 0 Å². The van der Waals surface area contributed by atoms with Crippen LogP contribution in [0.25, 0.3) is 0 Å². The van der Waals surface area contributed by atoms with Gasteiger partial charge in [0.1, 0.15) is 6.33 Å². The summed E-state index contributed by atoms with van der Waals surface area (Å²) in [6.07, 6.45) is 2.60. The number of hydrogen-bond acceptors (Lipinski definition) is 4. The highest BCUT2D eigenvalue weighted by Gasteiger charge is 1.99. The molecular weight excluding hydrogens is 288 g/mol. The smallest absolute Gasteiger partial charge is 0.151 e. The van der Waals surface area contributed by atoms with Crippen molar-refractivity contribution in [1.29, 1.82) is 0 Å². The van der Waals surface area contributed by atoms with Crippen LogP contribution in [-0.2, 0) is 20.0 Å². The lowest BCUT2D eigenvalue weighted by atomic mass is 10.4. The minimum Gasteiger partial charge on any atom is -0.311 e. The van der Waals surface area contributed by atoms with Crippen LogP contribution in [0.1, 0.15) is 10.7 Å². The molecule has 0 fully saturated rings. The maximum atomic E-state index is 4.22. The number of hydrogen-bond donors (Lipinski definition) is 1. The first-order chi connectivity index (χ1) is 7.74. The summed E-state index contributed by atoms with van der Waals surface area (Å²) in [6, 6.07) is 2.14. The van der Waals surface area contributed by atoms with Gasteiger partial charge in [0, 0.05) is 41.3 Å². The lowest BCUT2D eigenvalue weighted by Crippen LogP contribution is -2.16. The molecule has 0 amide bonds. The molecule has 0 radical (unpaired) electrons. The van der Waals surface area contributed by atoms with Gasteiger partial charge in [-0.05, 0) is 22.0 Å². The van der Waals surface area contributed by atoms with Crippen molar-refractivity contribution in [2.75, 3.05) is 6.54 Å². The molecule has 2 aromatic heterocycles. The minimum absolute atomic E-state index is 0.868. The van der Waals surface area contributed by atoms with Gasteiger partial charge in [-0.25, -0.2) is 4.98 Å². The van der Waals surface area contributed by atoms with Crippen molar-refractivity contribution in [2.24, 2.45) is 7.05 Å². The van der Waals surface area contributed by atoms with Crippen molar-refractivity contribution in [3.63, 3.8) is 0 Å². The Hall–Kier alpha value is -0.720. The molecule has 0 aliphatic rings. The molecule has 86 valence electrons. The first kappa shape index (κ1) is 11.8. The number of rotatable bonds is 5. The number of aromatic nitrogens is 3. The fourth-order valence-electron chi connectivity index (χ4n) is 1.36. The number of nitrogens with one attached hydrogen (secondary N) is 1. The molecule has 0 saturated carbocycles. The van der Waals surface area contributed by atoms with E-state index in [9.17, 15) is 0 Å². The SMILES string of the molecule is Cn1cnc(CCNCc2cc(Br)cs2)n1. The van der Waals surface area contributed by atoms with Gasteiger partial charge < -0.3 is 5.32 Å². The van der Waals surface area contributed by atoms with Crippen LogP contribution in [0.2, 0.25) is 0 Å². The van der Waals surface area contributed by atoms with Crippen LogP contribution >= 0.6 is 27.3 Å². The Morgan fingerprint density at radius 3 is 3.06 bits per heavy atom. The van der Waals surface area contributed by atoms with E-state index < -0.39 is 0 Å². The highest BCUT2D eigenvalue weighted by molar-refractivity contribution is 9.10. The van der Waals surface area contributed by atoms with Crippen molar-refractivity contribution in [1.82, 2.24) is 20.1 Å². The third kappa shape index (κ3) is 3.40. The van der Waals surface area contributed by atoms with Gasteiger partial charge in [-0.3, -0.25) is 4.68 Å². The molecule has 0 atom stereocenters. The molecule has 0 aromatic carbocycles. The largest absolute Gasteiger partial charge is 0.311 e. The third-order valence-electron chi connectivity index (χ3n) is 2.09. The summed E-state index contributed by atoms with van der Waals surface area (Å²) in [4.78, 5) is 5.51. The van der Waals surface area contributed by atoms with Gasteiger partial charge >= 0.3 is 0 Å². The van der Waals surface area contributed by atoms with Crippen LogP contribution in [0.4, 0.5) is 0 Å². The summed E-state index contributed by atoms with van der Waals surface area (Å²) < 4.78 is 2.88. The predicted molar refractivity (Wildman–Crippen MR) is 68.4 cm³/mol. The number of halogens is 1. The van der Waals surface area contributed by atoms with E-state index in [1.165, 1.54) is 4.88 Å². The van der Waals surface area contributed by atoms with E-state index in [1.54, 1.807) is 22.3 Å². The maximum Gasteiger partial charge on any atom is 0.151 e. The molecule has 0 aliphatic heterocycles. The summed E-state index contributed by atoms with van der Waals surface area (Å²) in [5.74, 6) is 0.891. The lowest BCUT2D eigenvalue weighted by molar-refractivity contribution is 0.665. The third-order valence-corrected chi connectivity index (χ3v) is 3.79. The second kappa shape index (κ2) is 5.56. The van der Waals surface area contributed by atoms with E-state index in [2.05, 4.69) is 42.8 Å². The molecule has 0 aliphatic carbocycles. The van der Waals surface area contributed by atoms with Crippen LogP contribution in [0.5, 0.6) is 0 Å². The molecular formula is C10H13BrN4S. The standard InChI is InChI=1S/C10H13BrN4S/c1-15-7-13-10(14-15)2-3-12-5-9-4-8(11)6-16-9/h4,6-7,12H,2-3,5H2,1H3. The number of thiophene rings is 1. The molecule has 0 bridgehead atoms.